The van der Waals surface area contributed by atoms with Crippen LogP contribution in [0.15, 0.2) is 18.2 Å². The van der Waals surface area contributed by atoms with Crippen LogP contribution in [-0.2, 0) is 4.79 Å². The van der Waals surface area contributed by atoms with Crippen LogP contribution in [0.5, 0.6) is 5.75 Å². The molecule has 0 aliphatic carbocycles. The van der Waals surface area contributed by atoms with Crippen molar-refractivity contribution in [3.05, 3.63) is 18.2 Å². The van der Waals surface area contributed by atoms with E-state index in [4.69, 9.17) is 10.5 Å². The van der Waals surface area contributed by atoms with Gasteiger partial charge in [-0.3, -0.25) is 4.79 Å². The number of carbonyl (C=O) groups excluding carboxylic acids is 1. The molecule has 0 saturated carbocycles. The van der Waals surface area contributed by atoms with E-state index >= 15 is 0 Å². The lowest BCUT2D eigenvalue weighted by atomic mass is 10.1. The number of amides is 1. The lowest BCUT2D eigenvalue weighted by Gasteiger charge is -2.23. The summed E-state index contributed by atoms with van der Waals surface area (Å²) in [7, 11) is 3.60. The van der Waals surface area contributed by atoms with Gasteiger partial charge < -0.3 is 20.7 Å². The Hall–Kier alpha value is -1.91. The summed E-state index contributed by atoms with van der Waals surface area (Å²) in [5.74, 6) is 0.654. The fourth-order valence-electron chi connectivity index (χ4n) is 1.94. The standard InChI is InChI=1S/C15H25N3O2/c1-5-8-20-14-9-12(6-7-13(14)16)18(4)10-11(2)15(19)17-3/h6-7,9,11H,5,8,10,16H2,1-4H3,(H,17,19). The molecule has 1 atom stereocenters. The summed E-state index contributed by atoms with van der Waals surface area (Å²) in [4.78, 5) is 13.6. The molecule has 0 aliphatic heterocycles. The Morgan fingerprint density at radius 1 is 1.50 bits per heavy atom. The molecule has 0 fully saturated rings. The van der Waals surface area contributed by atoms with Gasteiger partial charge in [0.2, 0.25) is 5.91 Å². The highest BCUT2D eigenvalue weighted by atomic mass is 16.5. The van der Waals surface area contributed by atoms with Crippen molar-refractivity contribution in [2.75, 3.05) is 37.9 Å². The smallest absolute Gasteiger partial charge is 0.224 e. The van der Waals surface area contributed by atoms with E-state index in [9.17, 15) is 4.79 Å². The average molecular weight is 279 g/mol. The van der Waals surface area contributed by atoms with Crippen molar-refractivity contribution in [2.24, 2.45) is 5.92 Å². The Labute approximate surface area is 121 Å². The van der Waals surface area contributed by atoms with Crippen LogP contribution in [0.3, 0.4) is 0 Å². The molecular formula is C15H25N3O2. The van der Waals surface area contributed by atoms with Crippen LogP contribution in [0.25, 0.3) is 0 Å². The maximum atomic E-state index is 11.6. The SMILES string of the molecule is CCCOc1cc(N(C)CC(C)C(=O)NC)ccc1N. The van der Waals surface area contributed by atoms with E-state index in [-0.39, 0.29) is 11.8 Å². The molecule has 1 rings (SSSR count). The van der Waals surface area contributed by atoms with Crippen molar-refractivity contribution in [3.8, 4) is 5.75 Å². The van der Waals surface area contributed by atoms with Crippen molar-refractivity contribution >= 4 is 17.3 Å². The van der Waals surface area contributed by atoms with E-state index in [0.29, 0.717) is 24.6 Å². The predicted molar refractivity (Wildman–Crippen MR) is 83.1 cm³/mol. The fraction of sp³-hybridized carbons (Fsp3) is 0.533. The van der Waals surface area contributed by atoms with Gasteiger partial charge >= 0.3 is 0 Å². The highest BCUT2D eigenvalue weighted by molar-refractivity contribution is 5.78. The lowest BCUT2D eigenvalue weighted by Crippen LogP contribution is -2.34. The second-order valence-corrected chi connectivity index (χ2v) is 4.97. The van der Waals surface area contributed by atoms with Gasteiger partial charge in [0.15, 0.2) is 0 Å². The topological polar surface area (TPSA) is 67.6 Å². The normalized spacial score (nSPS) is 11.8. The molecule has 0 saturated heterocycles. The first-order valence-electron chi connectivity index (χ1n) is 6.94. The first kappa shape index (κ1) is 16.1. The maximum absolute atomic E-state index is 11.6. The number of hydrogen-bond acceptors (Lipinski definition) is 4. The Morgan fingerprint density at radius 2 is 2.20 bits per heavy atom. The highest BCUT2D eigenvalue weighted by Crippen LogP contribution is 2.27. The Morgan fingerprint density at radius 3 is 2.80 bits per heavy atom. The molecule has 1 unspecified atom stereocenters. The zero-order valence-corrected chi connectivity index (χ0v) is 12.8. The number of nitrogen functional groups attached to an aromatic ring is 1. The summed E-state index contributed by atoms with van der Waals surface area (Å²) in [5.41, 5.74) is 7.52. The maximum Gasteiger partial charge on any atom is 0.224 e. The molecule has 1 aromatic carbocycles. The molecule has 20 heavy (non-hydrogen) atoms. The quantitative estimate of drug-likeness (QED) is 0.748. The molecule has 0 bridgehead atoms. The van der Waals surface area contributed by atoms with Crippen molar-refractivity contribution in [3.63, 3.8) is 0 Å². The second-order valence-electron chi connectivity index (χ2n) is 4.97. The van der Waals surface area contributed by atoms with Gasteiger partial charge in [0.25, 0.3) is 0 Å². The third kappa shape index (κ3) is 4.33. The Bertz CT molecular complexity index is 449. The molecule has 5 nitrogen and oxygen atoms in total. The molecule has 1 aromatic rings. The van der Waals surface area contributed by atoms with Crippen LogP contribution in [0.2, 0.25) is 0 Å². The molecular weight excluding hydrogens is 254 g/mol. The van der Waals surface area contributed by atoms with Gasteiger partial charge in [-0.1, -0.05) is 13.8 Å². The molecule has 1 amide bonds. The van der Waals surface area contributed by atoms with Crippen molar-refractivity contribution < 1.29 is 9.53 Å². The summed E-state index contributed by atoms with van der Waals surface area (Å²) >= 11 is 0. The number of nitrogens with two attached hydrogens (primary N) is 1. The molecule has 0 radical (unpaired) electrons. The molecule has 5 heteroatoms. The van der Waals surface area contributed by atoms with Gasteiger partial charge in [-0.25, -0.2) is 0 Å². The minimum atomic E-state index is -0.0810. The monoisotopic (exact) mass is 279 g/mol. The number of carbonyl (C=O) groups is 1. The number of anilines is 2. The Kier molecular flexibility index (Phi) is 6.15. The third-order valence-corrected chi connectivity index (χ3v) is 3.14. The van der Waals surface area contributed by atoms with Gasteiger partial charge in [0.05, 0.1) is 18.2 Å². The summed E-state index contributed by atoms with van der Waals surface area (Å²) in [6.45, 7) is 5.24. The van der Waals surface area contributed by atoms with E-state index in [1.165, 1.54) is 0 Å². The van der Waals surface area contributed by atoms with E-state index in [1.807, 2.05) is 37.1 Å². The number of nitrogens with one attached hydrogen (secondary N) is 1. The van der Waals surface area contributed by atoms with E-state index in [1.54, 1.807) is 7.05 Å². The van der Waals surface area contributed by atoms with Crippen LogP contribution < -0.4 is 20.7 Å². The van der Waals surface area contributed by atoms with Crippen molar-refractivity contribution in [2.45, 2.75) is 20.3 Å². The first-order valence-corrected chi connectivity index (χ1v) is 6.94. The fourth-order valence-corrected chi connectivity index (χ4v) is 1.94. The summed E-state index contributed by atoms with van der Waals surface area (Å²) in [6.07, 6.45) is 0.938. The minimum Gasteiger partial charge on any atom is -0.491 e. The third-order valence-electron chi connectivity index (χ3n) is 3.14. The van der Waals surface area contributed by atoms with E-state index < -0.39 is 0 Å². The van der Waals surface area contributed by atoms with Gasteiger partial charge in [0, 0.05) is 32.4 Å². The van der Waals surface area contributed by atoms with Gasteiger partial charge in [0.1, 0.15) is 5.75 Å². The summed E-state index contributed by atoms with van der Waals surface area (Å²) in [5, 5.41) is 2.66. The van der Waals surface area contributed by atoms with Gasteiger partial charge in [-0.05, 0) is 18.6 Å². The molecule has 0 spiro atoms. The number of nitrogens with zero attached hydrogens (tertiary/aromatic N) is 1. The zero-order chi connectivity index (χ0) is 15.1. The van der Waals surface area contributed by atoms with Gasteiger partial charge in [-0.2, -0.15) is 0 Å². The van der Waals surface area contributed by atoms with Crippen LogP contribution in [-0.4, -0.2) is 33.2 Å². The van der Waals surface area contributed by atoms with Gasteiger partial charge in [-0.15, -0.1) is 0 Å². The first-order chi connectivity index (χ1) is 9.49. The number of hydrogen-bond donors (Lipinski definition) is 2. The van der Waals surface area contributed by atoms with Crippen molar-refractivity contribution in [1.29, 1.82) is 0 Å². The molecule has 0 heterocycles. The average Bonchev–Trinajstić information content (AvgIpc) is 2.45. The van der Waals surface area contributed by atoms with Crippen LogP contribution in [0, 0.1) is 5.92 Å². The second kappa shape index (κ2) is 7.62. The molecule has 3 N–H and O–H groups in total. The lowest BCUT2D eigenvalue weighted by molar-refractivity contribution is -0.123. The zero-order valence-electron chi connectivity index (χ0n) is 12.8. The summed E-state index contributed by atoms with van der Waals surface area (Å²) < 4.78 is 5.62. The molecule has 0 aliphatic rings. The van der Waals surface area contributed by atoms with Crippen LogP contribution in [0.1, 0.15) is 20.3 Å². The highest BCUT2D eigenvalue weighted by Gasteiger charge is 2.14. The predicted octanol–water partition coefficient (Wildman–Crippen LogP) is 1.88. The van der Waals surface area contributed by atoms with E-state index in [2.05, 4.69) is 12.2 Å². The number of rotatable bonds is 7. The largest absolute Gasteiger partial charge is 0.491 e. The number of benzene rings is 1. The van der Waals surface area contributed by atoms with Crippen LogP contribution >= 0.6 is 0 Å². The Balaban J connectivity index is 2.77. The minimum absolute atomic E-state index is 0.0368. The van der Waals surface area contributed by atoms with E-state index in [0.717, 1.165) is 12.1 Å². The molecule has 112 valence electrons. The summed E-state index contributed by atoms with van der Waals surface area (Å²) in [6, 6.07) is 5.69. The van der Waals surface area contributed by atoms with Crippen LogP contribution in [0.4, 0.5) is 11.4 Å². The molecule has 0 aromatic heterocycles. The van der Waals surface area contributed by atoms with Crippen molar-refractivity contribution in [1.82, 2.24) is 5.32 Å². The number of ether oxygens (including phenoxy) is 1.